The van der Waals surface area contributed by atoms with Crippen molar-refractivity contribution in [2.24, 2.45) is 0 Å². The number of aromatic nitrogens is 2. The minimum Gasteiger partial charge on any atom is -0.324 e. The molecular weight excluding hydrogens is 360 g/mol. The number of hydrogen-bond donors (Lipinski definition) is 1. The van der Waals surface area contributed by atoms with E-state index in [-0.39, 0.29) is 32.4 Å². The Morgan fingerprint density at radius 2 is 1.48 bits per heavy atom. The van der Waals surface area contributed by atoms with Crippen molar-refractivity contribution in [3.8, 4) is 11.1 Å². The summed E-state index contributed by atoms with van der Waals surface area (Å²) in [7, 11) is 0. The number of para-hydroxylation sites is 1. The summed E-state index contributed by atoms with van der Waals surface area (Å²) in [6.45, 7) is 0. The van der Waals surface area contributed by atoms with E-state index in [4.69, 9.17) is 34.8 Å². The molecule has 0 bridgehead atoms. The molecule has 1 aromatic heterocycles. The smallest absolute Gasteiger partial charge is 0.230 e. The van der Waals surface area contributed by atoms with E-state index < -0.39 is 5.82 Å². The van der Waals surface area contributed by atoms with Gasteiger partial charge in [0.05, 0.1) is 10.6 Å². The molecule has 1 N–H and O–H groups in total. The molecule has 23 heavy (non-hydrogen) atoms. The first-order valence-corrected chi connectivity index (χ1v) is 7.69. The van der Waals surface area contributed by atoms with Crippen molar-refractivity contribution in [3.05, 3.63) is 69.7 Å². The highest BCUT2D eigenvalue weighted by Gasteiger charge is 2.18. The van der Waals surface area contributed by atoms with Crippen LogP contribution in [0.25, 0.3) is 11.1 Å². The summed E-state index contributed by atoms with van der Waals surface area (Å²) in [4.78, 5) is 8.25. The Morgan fingerprint density at radius 3 is 2.13 bits per heavy atom. The van der Waals surface area contributed by atoms with Crippen LogP contribution in [0.4, 0.5) is 16.0 Å². The number of rotatable bonds is 3. The van der Waals surface area contributed by atoms with Crippen molar-refractivity contribution in [1.82, 2.24) is 9.97 Å². The van der Waals surface area contributed by atoms with Gasteiger partial charge in [0.1, 0.15) is 16.1 Å². The van der Waals surface area contributed by atoms with Crippen LogP contribution in [0.15, 0.2) is 48.5 Å². The Kier molecular flexibility index (Phi) is 4.66. The molecule has 3 aromatic rings. The fraction of sp³-hybridized carbons (Fsp3) is 0. The zero-order chi connectivity index (χ0) is 16.4. The van der Waals surface area contributed by atoms with Gasteiger partial charge in [-0.3, -0.25) is 0 Å². The van der Waals surface area contributed by atoms with Crippen LogP contribution < -0.4 is 5.32 Å². The molecule has 0 radical (unpaired) electrons. The summed E-state index contributed by atoms with van der Waals surface area (Å²) < 4.78 is 14.2. The van der Waals surface area contributed by atoms with Crippen molar-refractivity contribution in [2.75, 3.05) is 5.32 Å². The highest BCUT2D eigenvalue weighted by Crippen LogP contribution is 2.36. The molecule has 0 aliphatic carbocycles. The molecule has 0 saturated carbocycles. The van der Waals surface area contributed by atoms with Gasteiger partial charge in [-0.25, -0.2) is 14.4 Å². The van der Waals surface area contributed by atoms with Gasteiger partial charge in [0.15, 0.2) is 0 Å². The van der Waals surface area contributed by atoms with Crippen molar-refractivity contribution >= 4 is 46.4 Å². The van der Waals surface area contributed by atoms with E-state index in [0.717, 1.165) is 5.69 Å². The predicted molar refractivity (Wildman–Crippen MR) is 92.2 cm³/mol. The molecule has 116 valence electrons. The minimum absolute atomic E-state index is 0.0267. The van der Waals surface area contributed by atoms with Crippen LogP contribution in [0.3, 0.4) is 0 Å². The molecule has 2 aromatic carbocycles. The van der Waals surface area contributed by atoms with Gasteiger partial charge in [0.2, 0.25) is 5.95 Å². The zero-order valence-corrected chi connectivity index (χ0v) is 13.8. The largest absolute Gasteiger partial charge is 0.324 e. The number of halogens is 4. The Hall–Kier alpha value is -1.88. The monoisotopic (exact) mass is 367 g/mol. The molecule has 0 saturated heterocycles. The maximum atomic E-state index is 14.2. The topological polar surface area (TPSA) is 37.8 Å². The first-order valence-electron chi connectivity index (χ1n) is 6.56. The molecular formula is C16H9Cl3FN3. The third-order valence-corrected chi connectivity index (χ3v) is 3.91. The van der Waals surface area contributed by atoms with Crippen molar-refractivity contribution in [3.63, 3.8) is 0 Å². The molecule has 0 fully saturated rings. The second-order valence-corrected chi connectivity index (χ2v) is 5.72. The molecule has 0 atom stereocenters. The van der Waals surface area contributed by atoms with Crippen molar-refractivity contribution < 1.29 is 4.39 Å². The summed E-state index contributed by atoms with van der Waals surface area (Å²) in [6, 6.07) is 13.9. The quantitative estimate of drug-likeness (QED) is 0.577. The van der Waals surface area contributed by atoms with Crippen LogP contribution in [-0.4, -0.2) is 9.97 Å². The fourth-order valence-corrected chi connectivity index (χ4v) is 2.80. The fourth-order valence-electron chi connectivity index (χ4n) is 2.03. The molecule has 0 aliphatic heterocycles. The second kappa shape index (κ2) is 6.71. The number of benzene rings is 2. The Balaban J connectivity index is 2.03. The lowest BCUT2D eigenvalue weighted by Crippen LogP contribution is -2.00. The Bertz CT molecular complexity index is 833. The lowest BCUT2D eigenvalue weighted by molar-refractivity contribution is 0.631. The SMILES string of the molecule is Fc1c(Cl)cccc1-c1c(Cl)nc(Nc2ccccc2)nc1Cl. The molecule has 1 heterocycles. The van der Waals surface area contributed by atoms with E-state index >= 15 is 0 Å². The summed E-state index contributed by atoms with van der Waals surface area (Å²) in [6.07, 6.45) is 0. The second-order valence-electron chi connectivity index (χ2n) is 4.60. The van der Waals surface area contributed by atoms with Gasteiger partial charge in [0, 0.05) is 11.3 Å². The van der Waals surface area contributed by atoms with E-state index in [9.17, 15) is 4.39 Å². The normalized spacial score (nSPS) is 10.6. The van der Waals surface area contributed by atoms with Crippen LogP contribution in [-0.2, 0) is 0 Å². The summed E-state index contributed by atoms with van der Waals surface area (Å²) in [5.74, 6) is -0.400. The van der Waals surface area contributed by atoms with Crippen LogP contribution in [0.5, 0.6) is 0 Å². The molecule has 0 amide bonds. The van der Waals surface area contributed by atoms with Crippen LogP contribution in [0.1, 0.15) is 0 Å². The lowest BCUT2D eigenvalue weighted by Gasteiger charge is -2.11. The zero-order valence-electron chi connectivity index (χ0n) is 11.5. The van der Waals surface area contributed by atoms with Gasteiger partial charge in [-0.15, -0.1) is 0 Å². The maximum absolute atomic E-state index is 14.2. The summed E-state index contributed by atoms with van der Waals surface area (Å²) in [5.41, 5.74) is 1.13. The molecule has 7 heteroatoms. The Morgan fingerprint density at radius 1 is 0.826 bits per heavy atom. The van der Waals surface area contributed by atoms with Gasteiger partial charge >= 0.3 is 0 Å². The van der Waals surface area contributed by atoms with Crippen LogP contribution >= 0.6 is 34.8 Å². The van der Waals surface area contributed by atoms with E-state index in [1.165, 1.54) is 12.1 Å². The highest BCUT2D eigenvalue weighted by molar-refractivity contribution is 6.38. The predicted octanol–water partition coefficient (Wildman–Crippen LogP) is 5.99. The number of anilines is 2. The third kappa shape index (κ3) is 3.39. The molecule has 3 nitrogen and oxygen atoms in total. The van der Waals surface area contributed by atoms with Crippen molar-refractivity contribution in [2.45, 2.75) is 0 Å². The van der Waals surface area contributed by atoms with Gasteiger partial charge < -0.3 is 5.32 Å². The maximum Gasteiger partial charge on any atom is 0.230 e. The van der Waals surface area contributed by atoms with Gasteiger partial charge in [-0.1, -0.05) is 65.1 Å². The van der Waals surface area contributed by atoms with E-state index in [1.54, 1.807) is 6.07 Å². The van der Waals surface area contributed by atoms with Crippen LogP contribution in [0.2, 0.25) is 15.3 Å². The number of nitrogens with one attached hydrogen (secondary N) is 1. The van der Waals surface area contributed by atoms with E-state index in [2.05, 4.69) is 15.3 Å². The average Bonchev–Trinajstić information content (AvgIpc) is 2.52. The minimum atomic E-state index is -0.620. The van der Waals surface area contributed by atoms with Crippen molar-refractivity contribution in [1.29, 1.82) is 0 Å². The van der Waals surface area contributed by atoms with Crippen LogP contribution in [0, 0.1) is 5.82 Å². The first-order chi connectivity index (χ1) is 11.1. The standard InChI is InChI=1S/C16H9Cl3FN3/c17-11-8-4-7-10(13(11)20)12-14(18)22-16(23-15(12)19)21-9-5-2-1-3-6-9/h1-8H,(H,21,22,23). The number of nitrogens with zero attached hydrogens (tertiary/aromatic N) is 2. The average molecular weight is 369 g/mol. The van der Waals surface area contributed by atoms with Gasteiger partial charge in [-0.05, 0) is 18.2 Å². The lowest BCUT2D eigenvalue weighted by atomic mass is 10.1. The van der Waals surface area contributed by atoms with E-state index in [1.807, 2.05) is 30.3 Å². The summed E-state index contributed by atoms with van der Waals surface area (Å²) >= 11 is 18.1. The molecule has 0 unspecified atom stereocenters. The molecule has 0 spiro atoms. The molecule has 0 aliphatic rings. The third-order valence-electron chi connectivity index (χ3n) is 3.07. The Labute approximate surface area is 147 Å². The van der Waals surface area contributed by atoms with Gasteiger partial charge in [-0.2, -0.15) is 0 Å². The first kappa shape index (κ1) is 16.0. The molecule has 3 rings (SSSR count). The summed E-state index contributed by atoms with van der Waals surface area (Å²) in [5, 5.41) is 3.02. The van der Waals surface area contributed by atoms with E-state index in [0.29, 0.717) is 0 Å². The number of hydrogen-bond acceptors (Lipinski definition) is 3. The highest BCUT2D eigenvalue weighted by atomic mass is 35.5. The van der Waals surface area contributed by atoms with Gasteiger partial charge in [0.25, 0.3) is 0 Å².